The van der Waals surface area contributed by atoms with Gasteiger partial charge in [0.15, 0.2) is 0 Å². The summed E-state index contributed by atoms with van der Waals surface area (Å²) < 4.78 is 32.4. The number of phosphoric ester groups is 1. The van der Waals surface area contributed by atoms with E-state index in [9.17, 15) is 29.3 Å². The van der Waals surface area contributed by atoms with E-state index in [1.807, 2.05) is 0 Å². The summed E-state index contributed by atoms with van der Waals surface area (Å²) in [6, 6.07) is 0. The molecule has 2 unspecified atom stereocenters. The monoisotopic (exact) mass is 714 g/mol. The van der Waals surface area contributed by atoms with Crippen molar-refractivity contribution in [1.29, 1.82) is 0 Å². The lowest BCUT2D eigenvalue weighted by Crippen LogP contribution is -2.28. The lowest BCUT2D eigenvalue weighted by Gasteiger charge is -2.20. The summed E-state index contributed by atoms with van der Waals surface area (Å²) in [5.41, 5.74) is 0. The Kier molecular flexibility index (Phi) is 32.9. The van der Waals surface area contributed by atoms with Crippen LogP contribution in [-0.4, -0.2) is 65.7 Å². The Bertz CT molecular complexity index is 890. The van der Waals surface area contributed by atoms with Gasteiger partial charge in [-0.1, -0.05) is 114 Å². The smallest absolute Gasteiger partial charge is 0.457 e. The first-order valence-corrected chi connectivity index (χ1v) is 20.1. The average Bonchev–Trinajstić information content (AvgIpc) is 3.09. The van der Waals surface area contributed by atoms with Gasteiger partial charge in [0, 0.05) is 12.8 Å². The highest BCUT2D eigenvalue weighted by Gasteiger charge is 2.27. The molecular weight excluding hydrogens is 647 g/mol. The molecule has 284 valence electrons. The minimum atomic E-state index is -4.64. The number of aliphatic hydroxyl groups excluding tert-OH is 2. The molecule has 0 rings (SSSR count). The van der Waals surface area contributed by atoms with Crippen LogP contribution in [0, 0.1) is 0 Å². The first-order chi connectivity index (χ1) is 23.8. The van der Waals surface area contributed by atoms with E-state index < -0.39 is 58.4 Å². The Morgan fingerprint density at radius 3 is 1.27 bits per heavy atom. The van der Waals surface area contributed by atoms with Crippen LogP contribution in [0.4, 0.5) is 0 Å². The number of carbonyl (C=O) groups excluding carboxylic acids is 2. The predicted molar refractivity (Wildman–Crippen MR) is 196 cm³/mol. The van der Waals surface area contributed by atoms with E-state index in [2.05, 4.69) is 62.5 Å². The third-order valence-electron chi connectivity index (χ3n) is 7.48. The fourth-order valence-corrected chi connectivity index (χ4v) is 5.38. The zero-order chi connectivity index (χ0) is 36.3. The highest BCUT2D eigenvalue weighted by molar-refractivity contribution is 7.47. The molecular formula is C38H67O10P. The molecule has 0 amide bonds. The van der Waals surface area contributed by atoms with Crippen LogP contribution in [-0.2, 0) is 32.7 Å². The summed E-state index contributed by atoms with van der Waals surface area (Å²) in [7, 11) is -4.64. The topological polar surface area (TPSA) is 149 Å². The quantitative estimate of drug-likeness (QED) is 0.0255. The molecule has 0 bridgehead atoms. The van der Waals surface area contributed by atoms with Crippen LogP contribution in [0.15, 0.2) is 48.6 Å². The molecule has 49 heavy (non-hydrogen) atoms. The maximum Gasteiger partial charge on any atom is 0.472 e. The van der Waals surface area contributed by atoms with E-state index in [0.29, 0.717) is 12.8 Å². The number of carbonyl (C=O) groups is 2. The van der Waals surface area contributed by atoms with E-state index in [1.165, 1.54) is 12.8 Å². The maximum absolute atomic E-state index is 12.3. The number of ether oxygens (including phenoxy) is 2. The first-order valence-electron chi connectivity index (χ1n) is 18.6. The third kappa shape index (κ3) is 32.9. The van der Waals surface area contributed by atoms with Gasteiger partial charge in [-0.05, 0) is 64.2 Å². The molecule has 0 radical (unpaired) electrons. The zero-order valence-electron chi connectivity index (χ0n) is 30.4. The number of aliphatic hydroxyl groups is 2. The van der Waals surface area contributed by atoms with E-state index in [1.54, 1.807) is 0 Å². The molecule has 0 saturated heterocycles. The number of allylic oxidation sites excluding steroid dienone is 8. The lowest BCUT2D eigenvalue weighted by atomic mass is 10.1. The Hall–Kier alpha value is -2.07. The summed E-state index contributed by atoms with van der Waals surface area (Å²) in [5, 5.41) is 19.1. The van der Waals surface area contributed by atoms with Crippen molar-refractivity contribution in [1.82, 2.24) is 0 Å². The second-order valence-electron chi connectivity index (χ2n) is 12.2. The highest BCUT2D eigenvalue weighted by atomic mass is 31.2. The van der Waals surface area contributed by atoms with Crippen LogP contribution in [0.2, 0.25) is 0 Å². The van der Waals surface area contributed by atoms with Gasteiger partial charge >= 0.3 is 19.8 Å². The van der Waals surface area contributed by atoms with Crippen LogP contribution in [0.5, 0.6) is 0 Å². The molecule has 0 heterocycles. The Labute approximate surface area is 296 Å². The molecule has 2 atom stereocenters. The second kappa shape index (κ2) is 34.4. The first kappa shape index (κ1) is 46.9. The highest BCUT2D eigenvalue weighted by Crippen LogP contribution is 2.43. The third-order valence-corrected chi connectivity index (χ3v) is 8.43. The molecule has 3 N–H and O–H groups in total. The van der Waals surface area contributed by atoms with E-state index >= 15 is 0 Å². The minimum Gasteiger partial charge on any atom is -0.457 e. The van der Waals surface area contributed by atoms with Gasteiger partial charge in [-0.25, -0.2) is 4.57 Å². The molecule has 0 spiro atoms. The van der Waals surface area contributed by atoms with E-state index in [-0.39, 0.29) is 12.8 Å². The van der Waals surface area contributed by atoms with Crippen molar-refractivity contribution in [2.75, 3.05) is 26.4 Å². The second-order valence-corrected chi connectivity index (χ2v) is 13.6. The van der Waals surface area contributed by atoms with Gasteiger partial charge in [0.1, 0.15) is 12.2 Å². The van der Waals surface area contributed by atoms with E-state index in [4.69, 9.17) is 18.5 Å². The predicted octanol–water partition coefficient (Wildman–Crippen LogP) is 8.99. The molecule has 0 aromatic rings. The largest absolute Gasteiger partial charge is 0.472 e. The molecule has 11 heteroatoms. The van der Waals surface area contributed by atoms with Crippen molar-refractivity contribution >= 4 is 19.8 Å². The normalized spacial score (nSPS) is 14.6. The van der Waals surface area contributed by atoms with Crippen LogP contribution in [0.25, 0.3) is 0 Å². The molecule has 10 nitrogen and oxygen atoms in total. The van der Waals surface area contributed by atoms with Gasteiger partial charge in [0.05, 0.1) is 26.4 Å². The molecule has 0 aromatic heterocycles. The number of esters is 2. The number of rotatable bonds is 34. The fourth-order valence-electron chi connectivity index (χ4n) is 4.60. The molecule has 0 fully saturated rings. The van der Waals surface area contributed by atoms with Crippen molar-refractivity contribution in [2.24, 2.45) is 0 Å². The van der Waals surface area contributed by atoms with Crippen molar-refractivity contribution in [3.63, 3.8) is 0 Å². The van der Waals surface area contributed by atoms with Gasteiger partial charge in [-0.2, -0.15) is 0 Å². The molecule has 0 saturated carbocycles. The van der Waals surface area contributed by atoms with Gasteiger partial charge in [-0.15, -0.1) is 0 Å². The van der Waals surface area contributed by atoms with Crippen LogP contribution in [0.3, 0.4) is 0 Å². The number of phosphoric acid groups is 1. The van der Waals surface area contributed by atoms with Crippen LogP contribution in [0.1, 0.15) is 142 Å². The lowest BCUT2D eigenvalue weighted by molar-refractivity contribution is -0.153. The number of unbranched alkanes of at least 4 members (excludes halogenated alkanes) is 12. The Morgan fingerprint density at radius 1 is 0.551 bits per heavy atom. The number of hydrogen-bond acceptors (Lipinski definition) is 9. The van der Waals surface area contributed by atoms with Crippen molar-refractivity contribution in [3.8, 4) is 0 Å². The summed E-state index contributed by atoms with van der Waals surface area (Å²) in [6.07, 6.45) is 33.7. The minimum absolute atomic E-state index is 0.173. The van der Waals surface area contributed by atoms with Crippen molar-refractivity contribution in [2.45, 2.75) is 154 Å². The van der Waals surface area contributed by atoms with Crippen molar-refractivity contribution in [3.05, 3.63) is 48.6 Å². The average molecular weight is 715 g/mol. The molecule has 0 aliphatic heterocycles. The van der Waals surface area contributed by atoms with Gasteiger partial charge in [0.2, 0.25) is 0 Å². The van der Waals surface area contributed by atoms with E-state index in [0.717, 1.165) is 89.9 Å². The maximum atomic E-state index is 12.3. The molecule has 0 aliphatic carbocycles. The Balaban J connectivity index is 4.04. The van der Waals surface area contributed by atoms with Gasteiger partial charge in [-0.3, -0.25) is 18.6 Å². The fraction of sp³-hybridized carbons (Fsp3) is 0.737. The van der Waals surface area contributed by atoms with Crippen LogP contribution < -0.4 is 0 Å². The standard InChI is InChI=1S/C38H67O10P/c1-3-5-7-9-11-13-15-17-19-21-23-25-27-29-37(41)47-35(31-39)33-45-49(43,44)46-34-36(32-40)48-38(42)30-28-26-24-22-20-18-16-14-12-10-8-6-4-2/h7-10,13-16,35-36,39-40H,3-6,11-12,17-34H2,1-2H3,(H,43,44)/b9-7-,10-8-,15-13-,16-14-. The van der Waals surface area contributed by atoms with Gasteiger partial charge < -0.3 is 24.6 Å². The summed E-state index contributed by atoms with van der Waals surface area (Å²) in [4.78, 5) is 34.3. The number of hydrogen-bond donors (Lipinski definition) is 3. The summed E-state index contributed by atoms with van der Waals surface area (Å²) >= 11 is 0. The Morgan fingerprint density at radius 2 is 0.898 bits per heavy atom. The van der Waals surface area contributed by atoms with Crippen molar-refractivity contribution < 1.29 is 47.8 Å². The zero-order valence-corrected chi connectivity index (χ0v) is 31.3. The summed E-state index contributed by atoms with van der Waals surface area (Å²) in [5.74, 6) is -1.05. The SMILES string of the molecule is CCC/C=C\C/C=C\CCCCCCCC(=O)OC(CO)COP(=O)(O)OCC(CO)OC(=O)CCCCCCC/C=C\C/C=C\CCC. The molecule has 0 aromatic carbocycles. The van der Waals surface area contributed by atoms with Crippen LogP contribution >= 0.6 is 7.82 Å². The van der Waals surface area contributed by atoms with Gasteiger partial charge in [0.25, 0.3) is 0 Å². The molecule has 0 aliphatic rings. The summed E-state index contributed by atoms with van der Waals surface area (Å²) in [6.45, 7) is 2.01.